The SMILES string of the molecule is C=CCCCN(C)C(=NC)NCCCCN1CCCC1.I. The van der Waals surface area contributed by atoms with Crippen molar-refractivity contribution < 1.29 is 0 Å². The minimum absolute atomic E-state index is 0. The molecule has 5 heteroatoms. The standard InChI is InChI=1S/C16H32N4.HI/c1-4-5-7-12-19(3)16(17-2)18-11-6-8-13-20-14-9-10-15-20;/h4H,1,5-15H2,2-3H3,(H,17,18);1H. The molecule has 1 aliphatic heterocycles. The van der Waals surface area contributed by atoms with Crippen LogP contribution in [0, 0.1) is 0 Å². The van der Waals surface area contributed by atoms with E-state index < -0.39 is 0 Å². The molecule has 0 aromatic rings. The molecular weight excluding hydrogens is 375 g/mol. The summed E-state index contributed by atoms with van der Waals surface area (Å²) in [7, 11) is 3.96. The molecule has 0 bridgehead atoms. The molecule has 1 rings (SSSR count). The van der Waals surface area contributed by atoms with E-state index >= 15 is 0 Å². The third-order valence-corrected chi connectivity index (χ3v) is 3.86. The molecule has 1 fully saturated rings. The first-order valence-electron chi connectivity index (χ1n) is 8.03. The van der Waals surface area contributed by atoms with Crippen molar-refractivity contribution in [2.24, 2.45) is 4.99 Å². The Bertz CT molecular complexity index is 288. The number of aliphatic imine (C=N–C) groups is 1. The summed E-state index contributed by atoms with van der Waals surface area (Å²) in [5.74, 6) is 1.01. The maximum absolute atomic E-state index is 4.34. The molecule has 0 aliphatic carbocycles. The maximum Gasteiger partial charge on any atom is 0.193 e. The van der Waals surface area contributed by atoms with Crippen LogP contribution in [0.5, 0.6) is 0 Å². The number of nitrogens with one attached hydrogen (secondary N) is 1. The highest BCUT2D eigenvalue weighted by Gasteiger charge is 2.10. The second kappa shape index (κ2) is 13.4. The van der Waals surface area contributed by atoms with E-state index in [1.165, 1.54) is 45.3 Å². The Morgan fingerprint density at radius 3 is 2.62 bits per heavy atom. The van der Waals surface area contributed by atoms with Gasteiger partial charge in [0.2, 0.25) is 0 Å². The van der Waals surface area contributed by atoms with Crippen LogP contribution in [0.4, 0.5) is 0 Å². The highest BCUT2D eigenvalue weighted by atomic mass is 127. The van der Waals surface area contributed by atoms with Crippen molar-refractivity contribution >= 4 is 29.9 Å². The van der Waals surface area contributed by atoms with Crippen LogP contribution in [0.25, 0.3) is 0 Å². The Balaban J connectivity index is 0.00000400. The van der Waals surface area contributed by atoms with Crippen molar-refractivity contribution in [2.75, 3.05) is 46.8 Å². The molecule has 1 N–H and O–H groups in total. The lowest BCUT2D eigenvalue weighted by molar-refractivity contribution is 0.330. The molecule has 1 heterocycles. The number of hydrogen-bond donors (Lipinski definition) is 1. The fourth-order valence-electron chi connectivity index (χ4n) is 2.63. The Kier molecular flexibility index (Phi) is 13.2. The quantitative estimate of drug-likeness (QED) is 0.209. The second-order valence-corrected chi connectivity index (χ2v) is 5.58. The van der Waals surface area contributed by atoms with Gasteiger partial charge in [-0.05, 0) is 58.2 Å². The Hall–Kier alpha value is -0.300. The third kappa shape index (κ3) is 9.34. The molecule has 0 spiro atoms. The average molecular weight is 408 g/mol. The molecule has 1 aliphatic rings. The van der Waals surface area contributed by atoms with Gasteiger partial charge in [0.15, 0.2) is 5.96 Å². The van der Waals surface area contributed by atoms with Crippen LogP contribution in [-0.2, 0) is 0 Å². The number of allylic oxidation sites excluding steroid dienone is 1. The highest BCUT2D eigenvalue weighted by molar-refractivity contribution is 14.0. The van der Waals surface area contributed by atoms with Crippen molar-refractivity contribution in [2.45, 2.75) is 38.5 Å². The van der Waals surface area contributed by atoms with Crippen LogP contribution in [0.2, 0.25) is 0 Å². The van der Waals surface area contributed by atoms with Crippen molar-refractivity contribution in [1.29, 1.82) is 0 Å². The number of nitrogens with zero attached hydrogens (tertiary/aromatic N) is 3. The van der Waals surface area contributed by atoms with Gasteiger partial charge in [0, 0.05) is 27.2 Å². The molecule has 0 atom stereocenters. The van der Waals surface area contributed by atoms with Crippen LogP contribution in [-0.4, -0.2) is 62.6 Å². The highest BCUT2D eigenvalue weighted by Crippen LogP contribution is 2.07. The van der Waals surface area contributed by atoms with Gasteiger partial charge in [-0.25, -0.2) is 0 Å². The summed E-state index contributed by atoms with van der Waals surface area (Å²) >= 11 is 0. The molecule has 1 saturated heterocycles. The molecule has 4 nitrogen and oxygen atoms in total. The van der Waals surface area contributed by atoms with E-state index in [1.807, 2.05) is 13.1 Å². The van der Waals surface area contributed by atoms with Gasteiger partial charge in [-0.2, -0.15) is 0 Å². The molecule has 0 aromatic heterocycles. The third-order valence-electron chi connectivity index (χ3n) is 3.86. The molecule has 0 radical (unpaired) electrons. The molecule has 0 amide bonds. The molecule has 0 unspecified atom stereocenters. The van der Waals surface area contributed by atoms with Gasteiger partial charge in [-0.1, -0.05) is 6.08 Å². The first-order valence-corrected chi connectivity index (χ1v) is 8.03. The first kappa shape index (κ1) is 20.7. The lowest BCUT2D eigenvalue weighted by atomic mass is 10.3. The smallest absolute Gasteiger partial charge is 0.193 e. The zero-order valence-electron chi connectivity index (χ0n) is 13.8. The predicted molar refractivity (Wildman–Crippen MR) is 104 cm³/mol. The molecule has 21 heavy (non-hydrogen) atoms. The largest absolute Gasteiger partial charge is 0.356 e. The number of halogens is 1. The zero-order valence-corrected chi connectivity index (χ0v) is 16.1. The monoisotopic (exact) mass is 408 g/mol. The Morgan fingerprint density at radius 1 is 1.29 bits per heavy atom. The van der Waals surface area contributed by atoms with Crippen LogP contribution < -0.4 is 5.32 Å². The van der Waals surface area contributed by atoms with Crippen molar-refractivity contribution in [3.63, 3.8) is 0 Å². The van der Waals surface area contributed by atoms with E-state index in [1.54, 1.807) is 0 Å². The fourth-order valence-corrected chi connectivity index (χ4v) is 2.63. The van der Waals surface area contributed by atoms with Crippen molar-refractivity contribution in [1.82, 2.24) is 15.1 Å². The number of hydrogen-bond acceptors (Lipinski definition) is 2. The van der Waals surface area contributed by atoms with E-state index in [2.05, 4.69) is 33.7 Å². The molecular formula is C16H33IN4. The summed E-state index contributed by atoms with van der Waals surface area (Å²) < 4.78 is 0. The predicted octanol–water partition coefficient (Wildman–Crippen LogP) is 2.95. The van der Waals surface area contributed by atoms with E-state index in [-0.39, 0.29) is 24.0 Å². The number of likely N-dealkylation sites (tertiary alicyclic amines) is 1. The Morgan fingerprint density at radius 2 is 2.00 bits per heavy atom. The number of guanidine groups is 1. The van der Waals surface area contributed by atoms with Gasteiger partial charge >= 0.3 is 0 Å². The topological polar surface area (TPSA) is 30.9 Å². The van der Waals surface area contributed by atoms with Gasteiger partial charge in [0.1, 0.15) is 0 Å². The van der Waals surface area contributed by atoms with Crippen molar-refractivity contribution in [3.05, 3.63) is 12.7 Å². The van der Waals surface area contributed by atoms with Gasteiger partial charge in [0.25, 0.3) is 0 Å². The summed E-state index contributed by atoms with van der Waals surface area (Å²) in [4.78, 5) is 9.11. The second-order valence-electron chi connectivity index (χ2n) is 5.58. The summed E-state index contributed by atoms with van der Waals surface area (Å²) in [6, 6.07) is 0. The van der Waals surface area contributed by atoms with Gasteiger partial charge in [0.05, 0.1) is 0 Å². The van der Waals surface area contributed by atoms with Crippen molar-refractivity contribution in [3.8, 4) is 0 Å². The fraction of sp³-hybridized carbons (Fsp3) is 0.812. The Labute approximate surface area is 148 Å². The number of rotatable bonds is 9. The van der Waals surface area contributed by atoms with Crippen LogP contribution >= 0.6 is 24.0 Å². The zero-order chi connectivity index (χ0) is 14.6. The lowest BCUT2D eigenvalue weighted by Gasteiger charge is -2.22. The van der Waals surface area contributed by atoms with E-state index in [4.69, 9.17) is 0 Å². The van der Waals surface area contributed by atoms with Crippen LogP contribution in [0.1, 0.15) is 38.5 Å². The normalized spacial score (nSPS) is 15.6. The summed E-state index contributed by atoms with van der Waals surface area (Å²) in [6.07, 6.45) is 9.45. The summed E-state index contributed by atoms with van der Waals surface area (Å²) in [5.41, 5.74) is 0. The molecule has 0 aromatic carbocycles. The van der Waals surface area contributed by atoms with Crippen LogP contribution in [0.3, 0.4) is 0 Å². The molecule has 0 saturated carbocycles. The van der Waals surface area contributed by atoms with E-state index in [0.717, 1.165) is 31.9 Å². The van der Waals surface area contributed by atoms with E-state index in [9.17, 15) is 0 Å². The summed E-state index contributed by atoms with van der Waals surface area (Å²) in [6.45, 7) is 9.68. The maximum atomic E-state index is 4.34. The van der Waals surface area contributed by atoms with Gasteiger partial charge in [-0.15, -0.1) is 30.6 Å². The minimum atomic E-state index is 0. The van der Waals surface area contributed by atoms with E-state index in [0.29, 0.717) is 0 Å². The average Bonchev–Trinajstić information content (AvgIpc) is 2.96. The first-order chi connectivity index (χ1) is 9.77. The minimum Gasteiger partial charge on any atom is -0.356 e. The van der Waals surface area contributed by atoms with Crippen LogP contribution in [0.15, 0.2) is 17.6 Å². The van der Waals surface area contributed by atoms with Gasteiger partial charge in [-0.3, -0.25) is 4.99 Å². The lowest BCUT2D eigenvalue weighted by Crippen LogP contribution is -2.39. The summed E-state index contributed by atoms with van der Waals surface area (Å²) in [5, 5.41) is 3.45. The van der Waals surface area contributed by atoms with Gasteiger partial charge < -0.3 is 15.1 Å². The number of unbranched alkanes of at least 4 members (excludes halogenated alkanes) is 2. The molecule has 124 valence electrons.